The Morgan fingerprint density at radius 2 is 1.88 bits per heavy atom. The summed E-state index contributed by atoms with van der Waals surface area (Å²) in [5, 5.41) is 22.0. The fourth-order valence-electron chi connectivity index (χ4n) is 1.79. The summed E-state index contributed by atoms with van der Waals surface area (Å²) in [6.45, 7) is 5.49. The average Bonchev–Trinajstić information content (AvgIpc) is 2.25. The topological polar surface area (TPSA) is 78.5 Å². The molecule has 0 aliphatic heterocycles. The summed E-state index contributed by atoms with van der Waals surface area (Å²) < 4.78 is 0. The lowest BCUT2D eigenvalue weighted by Gasteiger charge is -2.17. The van der Waals surface area contributed by atoms with Crippen molar-refractivity contribution in [1.29, 1.82) is 0 Å². The molecule has 5 N–H and O–H groups in total. The van der Waals surface area contributed by atoms with Crippen LogP contribution in [0.15, 0.2) is 0 Å². The lowest BCUT2D eigenvalue weighted by Crippen LogP contribution is -2.33. The van der Waals surface area contributed by atoms with Crippen LogP contribution in [-0.4, -0.2) is 41.6 Å². The van der Waals surface area contributed by atoms with Gasteiger partial charge in [-0.05, 0) is 52.6 Å². The van der Waals surface area contributed by atoms with E-state index in [0.29, 0.717) is 6.54 Å². The van der Waals surface area contributed by atoms with Crippen LogP contribution in [0, 0.1) is 0 Å². The highest BCUT2D eigenvalue weighted by molar-refractivity contribution is 4.67. The van der Waals surface area contributed by atoms with Crippen LogP contribution < -0.4 is 11.1 Å². The fraction of sp³-hybridized carbons (Fsp3) is 1.00. The summed E-state index contributed by atoms with van der Waals surface area (Å²) in [6, 6.07) is 0.188. The molecule has 0 heterocycles. The van der Waals surface area contributed by atoms with Gasteiger partial charge >= 0.3 is 0 Å². The van der Waals surface area contributed by atoms with Crippen LogP contribution in [0.2, 0.25) is 0 Å². The van der Waals surface area contributed by atoms with Crippen molar-refractivity contribution in [2.75, 3.05) is 19.7 Å². The van der Waals surface area contributed by atoms with Crippen LogP contribution >= 0.6 is 0 Å². The van der Waals surface area contributed by atoms with E-state index in [1.165, 1.54) is 0 Å². The molecular weight excluding hydrogens is 216 g/mol. The molecule has 17 heavy (non-hydrogen) atoms. The number of hydrogen-bond donors (Lipinski definition) is 4. The number of hydrogen-bond acceptors (Lipinski definition) is 4. The summed E-state index contributed by atoms with van der Waals surface area (Å²) in [7, 11) is 0. The minimum absolute atomic E-state index is 0.184. The van der Waals surface area contributed by atoms with Crippen molar-refractivity contribution in [3.05, 3.63) is 0 Å². The Morgan fingerprint density at radius 3 is 2.41 bits per heavy atom. The minimum Gasteiger partial charge on any atom is -0.395 e. The van der Waals surface area contributed by atoms with Crippen molar-refractivity contribution in [1.82, 2.24) is 5.32 Å². The first kappa shape index (κ1) is 16.8. The molecule has 104 valence electrons. The molecule has 0 saturated carbocycles. The van der Waals surface area contributed by atoms with E-state index in [4.69, 9.17) is 10.8 Å². The quantitative estimate of drug-likeness (QED) is 0.410. The Labute approximate surface area is 106 Å². The van der Waals surface area contributed by atoms with Crippen molar-refractivity contribution in [2.45, 2.75) is 64.0 Å². The van der Waals surface area contributed by atoms with E-state index in [1.807, 2.05) is 13.8 Å². The predicted octanol–water partition coefficient (Wildman–Crippen LogP) is 1.01. The van der Waals surface area contributed by atoms with Gasteiger partial charge in [-0.25, -0.2) is 0 Å². The zero-order chi connectivity index (χ0) is 13.1. The molecule has 1 unspecified atom stereocenters. The maximum absolute atomic E-state index is 9.54. The number of unbranched alkanes of at least 4 members (excludes halogenated alkanes) is 2. The minimum atomic E-state index is -0.539. The standard InChI is InChI=1S/C13H30N2O2/c1-13(2,17)8-4-3-5-10-15-12(11-16)7-6-9-14/h12,15-17H,3-11,14H2,1-2H3. The van der Waals surface area contributed by atoms with Crippen LogP contribution in [0.25, 0.3) is 0 Å². The van der Waals surface area contributed by atoms with Gasteiger partial charge in [0.25, 0.3) is 0 Å². The van der Waals surface area contributed by atoms with Crippen molar-refractivity contribution in [2.24, 2.45) is 5.73 Å². The maximum Gasteiger partial charge on any atom is 0.0591 e. The van der Waals surface area contributed by atoms with E-state index in [0.717, 1.165) is 45.1 Å². The Kier molecular flexibility index (Phi) is 9.74. The predicted molar refractivity (Wildman–Crippen MR) is 71.9 cm³/mol. The second-order valence-corrected chi connectivity index (χ2v) is 5.39. The van der Waals surface area contributed by atoms with Gasteiger partial charge in [-0.3, -0.25) is 0 Å². The van der Waals surface area contributed by atoms with Gasteiger partial charge < -0.3 is 21.3 Å². The highest BCUT2D eigenvalue weighted by atomic mass is 16.3. The lowest BCUT2D eigenvalue weighted by molar-refractivity contribution is 0.0680. The summed E-state index contributed by atoms with van der Waals surface area (Å²) in [6.07, 6.45) is 6.01. The third-order valence-corrected chi connectivity index (χ3v) is 2.88. The highest BCUT2D eigenvalue weighted by Crippen LogP contribution is 2.12. The smallest absolute Gasteiger partial charge is 0.0591 e. The number of aliphatic hydroxyl groups is 2. The van der Waals surface area contributed by atoms with Gasteiger partial charge in [0.05, 0.1) is 12.2 Å². The van der Waals surface area contributed by atoms with Gasteiger partial charge in [-0.15, -0.1) is 0 Å². The van der Waals surface area contributed by atoms with E-state index >= 15 is 0 Å². The molecule has 4 heteroatoms. The molecule has 0 aromatic rings. The zero-order valence-corrected chi connectivity index (χ0v) is 11.4. The molecule has 0 aromatic heterocycles. The van der Waals surface area contributed by atoms with Crippen molar-refractivity contribution in [3.63, 3.8) is 0 Å². The maximum atomic E-state index is 9.54. The highest BCUT2D eigenvalue weighted by Gasteiger charge is 2.11. The fourth-order valence-corrected chi connectivity index (χ4v) is 1.79. The van der Waals surface area contributed by atoms with Crippen molar-refractivity contribution < 1.29 is 10.2 Å². The van der Waals surface area contributed by atoms with Crippen LogP contribution in [0.5, 0.6) is 0 Å². The number of rotatable bonds is 11. The summed E-state index contributed by atoms with van der Waals surface area (Å²) >= 11 is 0. The lowest BCUT2D eigenvalue weighted by atomic mass is 10.0. The molecule has 0 rings (SSSR count). The molecule has 0 radical (unpaired) electrons. The molecule has 0 amide bonds. The SMILES string of the molecule is CC(C)(O)CCCCCNC(CO)CCCN. The number of aliphatic hydroxyl groups excluding tert-OH is 1. The van der Waals surface area contributed by atoms with E-state index in [2.05, 4.69) is 5.32 Å². The van der Waals surface area contributed by atoms with Crippen LogP contribution in [0.4, 0.5) is 0 Å². The Bertz CT molecular complexity index is 169. The van der Waals surface area contributed by atoms with Crippen molar-refractivity contribution >= 4 is 0 Å². The molecule has 0 spiro atoms. The number of nitrogens with one attached hydrogen (secondary N) is 1. The third kappa shape index (κ3) is 12.1. The largest absolute Gasteiger partial charge is 0.395 e. The van der Waals surface area contributed by atoms with Crippen molar-refractivity contribution in [3.8, 4) is 0 Å². The van der Waals surface area contributed by atoms with Gasteiger partial charge in [0.15, 0.2) is 0 Å². The van der Waals surface area contributed by atoms with Gasteiger partial charge in [0.1, 0.15) is 0 Å². The first-order valence-electron chi connectivity index (χ1n) is 6.76. The first-order valence-corrected chi connectivity index (χ1v) is 6.76. The van der Waals surface area contributed by atoms with Gasteiger partial charge in [-0.2, -0.15) is 0 Å². The Morgan fingerprint density at radius 1 is 1.18 bits per heavy atom. The van der Waals surface area contributed by atoms with Crippen LogP contribution in [0.1, 0.15) is 52.4 Å². The van der Waals surface area contributed by atoms with Crippen LogP contribution in [0.3, 0.4) is 0 Å². The first-order chi connectivity index (χ1) is 7.99. The average molecular weight is 246 g/mol. The molecular formula is C13H30N2O2. The second kappa shape index (κ2) is 9.83. The molecule has 4 nitrogen and oxygen atoms in total. The molecule has 0 aliphatic rings. The van der Waals surface area contributed by atoms with Crippen LogP contribution in [-0.2, 0) is 0 Å². The van der Waals surface area contributed by atoms with E-state index in [-0.39, 0.29) is 12.6 Å². The molecule has 0 bridgehead atoms. The summed E-state index contributed by atoms with van der Waals surface area (Å²) in [5.74, 6) is 0. The van der Waals surface area contributed by atoms with Gasteiger partial charge in [0.2, 0.25) is 0 Å². The summed E-state index contributed by atoms with van der Waals surface area (Å²) in [4.78, 5) is 0. The summed E-state index contributed by atoms with van der Waals surface area (Å²) in [5.41, 5.74) is 4.89. The molecule has 1 atom stereocenters. The molecule has 0 fully saturated rings. The number of nitrogens with two attached hydrogens (primary N) is 1. The van der Waals surface area contributed by atoms with E-state index < -0.39 is 5.60 Å². The van der Waals surface area contributed by atoms with Gasteiger partial charge in [-0.1, -0.05) is 12.8 Å². The van der Waals surface area contributed by atoms with Gasteiger partial charge in [0, 0.05) is 6.04 Å². The monoisotopic (exact) mass is 246 g/mol. The molecule has 0 aliphatic carbocycles. The normalized spacial score (nSPS) is 13.9. The Hall–Kier alpha value is -0.160. The third-order valence-electron chi connectivity index (χ3n) is 2.88. The zero-order valence-electron chi connectivity index (χ0n) is 11.4. The second-order valence-electron chi connectivity index (χ2n) is 5.39. The van der Waals surface area contributed by atoms with E-state index in [9.17, 15) is 5.11 Å². The Balaban J connectivity index is 3.36. The molecule has 0 saturated heterocycles. The van der Waals surface area contributed by atoms with E-state index in [1.54, 1.807) is 0 Å². The molecule has 0 aromatic carbocycles.